The first-order chi connectivity index (χ1) is 13.9. The molecule has 0 saturated carbocycles. The van der Waals surface area contributed by atoms with Gasteiger partial charge >= 0.3 is 0 Å². The highest BCUT2D eigenvalue weighted by Gasteiger charge is 2.32. The monoisotopic (exact) mass is 412 g/mol. The number of aromatic nitrogens is 1. The molecule has 152 valence electrons. The summed E-state index contributed by atoms with van der Waals surface area (Å²) in [5.41, 5.74) is 1.59. The molecule has 2 aromatic heterocycles. The van der Waals surface area contributed by atoms with E-state index < -0.39 is 0 Å². The summed E-state index contributed by atoms with van der Waals surface area (Å²) in [5.74, 6) is 2.64. The number of hydrogen-bond acceptors (Lipinski definition) is 6. The minimum Gasteiger partial charge on any atom is -0.488 e. The van der Waals surface area contributed by atoms with Gasteiger partial charge in [0.2, 0.25) is 11.8 Å². The van der Waals surface area contributed by atoms with E-state index in [9.17, 15) is 4.79 Å². The maximum absolute atomic E-state index is 12.3. The molecule has 1 aliphatic heterocycles. The Hall–Kier alpha value is -2.80. The average Bonchev–Trinajstić information content (AvgIpc) is 3.37. The number of para-hydroxylation sites is 1. The largest absolute Gasteiger partial charge is 0.488 e. The summed E-state index contributed by atoms with van der Waals surface area (Å²) in [6.07, 6.45) is 1.04. The average molecular weight is 413 g/mol. The van der Waals surface area contributed by atoms with E-state index in [1.54, 1.807) is 11.3 Å². The van der Waals surface area contributed by atoms with Crippen molar-refractivity contribution in [3.8, 4) is 22.3 Å². The van der Waals surface area contributed by atoms with Gasteiger partial charge in [0.05, 0.1) is 23.5 Å². The van der Waals surface area contributed by atoms with Crippen molar-refractivity contribution in [3.05, 3.63) is 52.7 Å². The zero-order chi connectivity index (χ0) is 20.4. The number of aryl methyl sites for hydroxylation is 1. The topological polar surface area (TPSA) is 73.6 Å². The van der Waals surface area contributed by atoms with E-state index in [1.165, 1.54) is 0 Å². The van der Waals surface area contributed by atoms with Gasteiger partial charge in [0.15, 0.2) is 11.5 Å². The number of amides is 1. The number of carbonyl (C=O) groups is 1. The molecule has 3 aromatic rings. The van der Waals surface area contributed by atoms with Crippen LogP contribution in [0.4, 0.5) is 0 Å². The molecule has 4 rings (SSSR count). The fourth-order valence-electron chi connectivity index (χ4n) is 3.36. The predicted molar refractivity (Wildman–Crippen MR) is 112 cm³/mol. The van der Waals surface area contributed by atoms with Gasteiger partial charge in [-0.25, -0.2) is 4.98 Å². The highest BCUT2D eigenvalue weighted by atomic mass is 32.1. The molecule has 0 spiro atoms. The second-order valence-electron chi connectivity index (χ2n) is 7.66. The summed E-state index contributed by atoms with van der Waals surface area (Å²) in [5, 5.41) is 4.84. The Morgan fingerprint density at radius 1 is 1.31 bits per heavy atom. The number of carbonyl (C=O) groups excluding carboxylic acids is 1. The van der Waals surface area contributed by atoms with Gasteiger partial charge in [-0.05, 0) is 38.3 Å². The Morgan fingerprint density at radius 2 is 2.17 bits per heavy atom. The first-order valence-corrected chi connectivity index (χ1v) is 10.5. The minimum atomic E-state index is -0.215. The Balaban J connectivity index is 1.27. The Labute approximate surface area is 173 Å². The molecule has 0 bridgehead atoms. The van der Waals surface area contributed by atoms with Gasteiger partial charge in [-0.2, -0.15) is 0 Å². The Morgan fingerprint density at radius 3 is 2.97 bits per heavy atom. The molecule has 7 heteroatoms. The molecule has 1 N–H and O–H groups in total. The summed E-state index contributed by atoms with van der Waals surface area (Å²) >= 11 is 1.56. The fourth-order valence-corrected chi connectivity index (χ4v) is 4.01. The Kier molecular flexibility index (Phi) is 5.32. The van der Waals surface area contributed by atoms with E-state index in [1.807, 2.05) is 36.6 Å². The van der Waals surface area contributed by atoms with Gasteiger partial charge in [0, 0.05) is 12.0 Å². The van der Waals surface area contributed by atoms with Crippen LogP contribution >= 0.6 is 11.3 Å². The first-order valence-electron chi connectivity index (χ1n) is 9.62. The van der Waals surface area contributed by atoms with Gasteiger partial charge in [-0.15, -0.1) is 11.3 Å². The van der Waals surface area contributed by atoms with E-state index in [4.69, 9.17) is 13.9 Å². The van der Waals surface area contributed by atoms with Crippen LogP contribution in [0.15, 0.2) is 40.1 Å². The lowest BCUT2D eigenvalue weighted by Gasteiger charge is -2.18. The number of nitrogens with zero attached hydrogens (tertiary/aromatic N) is 1. The number of thiophene rings is 1. The van der Waals surface area contributed by atoms with E-state index >= 15 is 0 Å². The van der Waals surface area contributed by atoms with Gasteiger partial charge < -0.3 is 19.2 Å². The fraction of sp³-hybridized carbons (Fsp3) is 0.364. The van der Waals surface area contributed by atoms with Crippen molar-refractivity contribution in [1.29, 1.82) is 0 Å². The molecule has 0 radical (unpaired) electrons. The third-order valence-electron chi connectivity index (χ3n) is 4.69. The van der Waals surface area contributed by atoms with Crippen molar-refractivity contribution in [2.24, 2.45) is 0 Å². The number of nitrogens with one attached hydrogen (secondary N) is 1. The number of fused-ring (bicyclic) bond motifs is 1. The van der Waals surface area contributed by atoms with Crippen LogP contribution in [0.2, 0.25) is 0 Å². The lowest BCUT2D eigenvalue weighted by Crippen LogP contribution is -2.29. The molecule has 0 atom stereocenters. The van der Waals surface area contributed by atoms with E-state index in [0.29, 0.717) is 30.5 Å². The molecule has 0 fully saturated rings. The molecular formula is C22H24N2O4S. The quantitative estimate of drug-likeness (QED) is 0.590. The van der Waals surface area contributed by atoms with Gasteiger partial charge in [-0.1, -0.05) is 18.2 Å². The van der Waals surface area contributed by atoms with Crippen LogP contribution < -0.4 is 14.8 Å². The highest BCUT2D eigenvalue weighted by Crippen LogP contribution is 2.41. The van der Waals surface area contributed by atoms with E-state index in [0.717, 1.165) is 28.4 Å². The number of ether oxygens (including phenoxy) is 2. The standard InChI is InChI=1S/C22H24N2O4S/c1-14-16(24-21(27-14)18-8-5-11-29-18)12-19(25)23-9-10-26-17-7-4-6-15-13-22(2,3)28-20(15)17/h4-8,11H,9-10,12-13H2,1-3H3,(H,23,25). The summed E-state index contributed by atoms with van der Waals surface area (Å²) in [6.45, 7) is 6.72. The molecule has 0 unspecified atom stereocenters. The second-order valence-corrected chi connectivity index (χ2v) is 8.61. The zero-order valence-corrected chi connectivity index (χ0v) is 17.6. The molecule has 1 aliphatic rings. The second kappa shape index (κ2) is 7.91. The SMILES string of the molecule is Cc1oc(-c2cccs2)nc1CC(=O)NCCOc1cccc2c1OC(C)(C)C2. The van der Waals surface area contributed by atoms with Gasteiger partial charge in [0.1, 0.15) is 18.0 Å². The van der Waals surface area contributed by atoms with Crippen LogP contribution in [0.5, 0.6) is 11.5 Å². The first kappa shape index (κ1) is 19.5. The lowest BCUT2D eigenvalue weighted by atomic mass is 10.0. The maximum atomic E-state index is 12.3. The summed E-state index contributed by atoms with van der Waals surface area (Å²) in [6, 6.07) is 9.81. The molecule has 1 aromatic carbocycles. The molecule has 0 aliphatic carbocycles. The van der Waals surface area contributed by atoms with Crippen molar-refractivity contribution in [2.45, 2.75) is 39.2 Å². The van der Waals surface area contributed by atoms with Crippen LogP contribution in [0.1, 0.15) is 30.9 Å². The highest BCUT2D eigenvalue weighted by molar-refractivity contribution is 7.13. The predicted octanol–water partition coefficient (Wildman–Crippen LogP) is 4.16. The smallest absolute Gasteiger partial charge is 0.236 e. The summed E-state index contributed by atoms with van der Waals surface area (Å²) < 4.78 is 17.5. The van der Waals surface area contributed by atoms with E-state index in [2.05, 4.69) is 30.2 Å². The van der Waals surface area contributed by atoms with Crippen molar-refractivity contribution in [3.63, 3.8) is 0 Å². The van der Waals surface area contributed by atoms with Crippen molar-refractivity contribution < 1.29 is 18.7 Å². The third-order valence-corrected chi connectivity index (χ3v) is 5.55. The molecular weight excluding hydrogens is 388 g/mol. The van der Waals surface area contributed by atoms with Crippen LogP contribution in [0.25, 0.3) is 10.8 Å². The molecule has 6 nitrogen and oxygen atoms in total. The minimum absolute atomic E-state index is 0.113. The van der Waals surface area contributed by atoms with E-state index in [-0.39, 0.29) is 17.9 Å². The normalized spacial score (nSPS) is 14.3. The molecule has 0 saturated heterocycles. The van der Waals surface area contributed by atoms with Crippen LogP contribution in [0.3, 0.4) is 0 Å². The van der Waals surface area contributed by atoms with Crippen LogP contribution in [-0.2, 0) is 17.6 Å². The Bertz CT molecular complexity index is 1010. The number of benzene rings is 1. The maximum Gasteiger partial charge on any atom is 0.236 e. The van der Waals surface area contributed by atoms with Gasteiger partial charge in [-0.3, -0.25) is 4.79 Å². The number of rotatable bonds is 7. The van der Waals surface area contributed by atoms with Crippen molar-refractivity contribution in [2.75, 3.05) is 13.2 Å². The number of oxazole rings is 1. The van der Waals surface area contributed by atoms with Crippen molar-refractivity contribution in [1.82, 2.24) is 10.3 Å². The lowest BCUT2D eigenvalue weighted by molar-refractivity contribution is -0.120. The molecule has 1 amide bonds. The zero-order valence-electron chi connectivity index (χ0n) is 16.8. The van der Waals surface area contributed by atoms with Gasteiger partial charge in [0.25, 0.3) is 0 Å². The van der Waals surface area contributed by atoms with Crippen LogP contribution in [0, 0.1) is 6.92 Å². The summed E-state index contributed by atoms with van der Waals surface area (Å²) in [7, 11) is 0. The van der Waals surface area contributed by atoms with Crippen LogP contribution in [-0.4, -0.2) is 29.6 Å². The molecule has 3 heterocycles. The molecule has 29 heavy (non-hydrogen) atoms. The third kappa shape index (κ3) is 4.45. The van der Waals surface area contributed by atoms with Crippen molar-refractivity contribution >= 4 is 17.2 Å². The number of hydrogen-bond donors (Lipinski definition) is 1. The summed E-state index contributed by atoms with van der Waals surface area (Å²) in [4.78, 5) is 17.7.